The largest absolute Gasteiger partial charge is 0.338 e. The van der Waals surface area contributed by atoms with Crippen LogP contribution >= 0.6 is 0 Å². The average molecular weight is 420 g/mol. The summed E-state index contributed by atoms with van der Waals surface area (Å²) in [4.78, 5) is 13.8. The number of nitrogens with zero attached hydrogens (tertiary/aromatic N) is 1. The molecule has 0 aromatic heterocycles. The van der Waals surface area contributed by atoms with Gasteiger partial charge in [0.15, 0.2) is 0 Å². The van der Waals surface area contributed by atoms with Crippen molar-refractivity contribution in [2.24, 2.45) is 5.92 Å². The number of rotatable bonds is 5. The van der Waals surface area contributed by atoms with Gasteiger partial charge >= 0.3 is 0 Å². The first kappa shape index (κ1) is 20.0. The summed E-state index contributed by atoms with van der Waals surface area (Å²) in [6, 6.07) is 7.40. The highest BCUT2D eigenvalue weighted by atomic mass is 32.2. The second-order valence-electron chi connectivity index (χ2n) is 7.72. The van der Waals surface area contributed by atoms with Crippen molar-refractivity contribution < 1.29 is 22.0 Å². The predicted molar refractivity (Wildman–Crippen MR) is 103 cm³/mol. The summed E-state index contributed by atoms with van der Waals surface area (Å²) in [5.74, 6) is -0.904. The molecule has 2 aliphatic rings. The van der Waals surface area contributed by atoms with Gasteiger partial charge in [-0.3, -0.25) is 4.79 Å². The van der Waals surface area contributed by atoms with Gasteiger partial charge in [-0.1, -0.05) is 12.1 Å². The van der Waals surface area contributed by atoms with Crippen LogP contribution in [0.15, 0.2) is 41.3 Å². The Balaban J connectivity index is 1.55. The maximum absolute atomic E-state index is 14.7. The van der Waals surface area contributed by atoms with Crippen molar-refractivity contribution in [3.63, 3.8) is 0 Å². The van der Waals surface area contributed by atoms with E-state index in [1.165, 1.54) is 30.3 Å². The summed E-state index contributed by atoms with van der Waals surface area (Å²) in [5, 5.41) is 0. The van der Waals surface area contributed by atoms with Crippen molar-refractivity contribution in [2.45, 2.75) is 43.7 Å². The fourth-order valence-corrected chi connectivity index (χ4v) is 4.94. The van der Waals surface area contributed by atoms with E-state index in [1.54, 1.807) is 11.8 Å². The maximum Gasteiger partial charge on any atom is 0.241 e. The molecular weight excluding hydrogens is 398 g/mol. The first-order valence-electron chi connectivity index (χ1n) is 9.62. The van der Waals surface area contributed by atoms with E-state index in [0.717, 1.165) is 18.9 Å². The second kappa shape index (κ2) is 7.50. The van der Waals surface area contributed by atoms with Crippen LogP contribution in [-0.4, -0.2) is 25.8 Å². The normalized spacial score (nSPS) is 17.7. The van der Waals surface area contributed by atoms with Crippen LogP contribution in [0.25, 0.3) is 0 Å². The van der Waals surface area contributed by atoms with Gasteiger partial charge in [-0.2, -0.15) is 0 Å². The van der Waals surface area contributed by atoms with Crippen molar-refractivity contribution in [1.82, 2.24) is 9.62 Å². The number of sulfonamides is 1. The smallest absolute Gasteiger partial charge is 0.241 e. The molecule has 0 bridgehead atoms. The molecular formula is C21H22F2N2O3S. The number of carbonyl (C=O) groups is 1. The predicted octanol–water partition coefficient (Wildman–Crippen LogP) is 3.30. The fourth-order valence-electron chi connectivity index (χ4n) is 3.64. The molecule has 1 aliphatic heterocycles. The zero-order valence-corrected chi connectivity index (χ0v) is 16.8. The van der Waals surface area contributed by atoms with Gasteiger partial charge in [-0.15, -0.1) is 0 Å². The minimum absolute atomic E-state index is 0.0570. The van der Waals surface area contributed by atoms with E-state index in [4.69, 9.17) is 0 Å². The summed E-state index contributed by atoms with van der Waals surface area (Å²) in [5.41, 5.74) is 1.60. The summed E-state index contributed by atoms with van der Waals surface area (Å²) >= 11 is 0. The van der Waals surface area contributed by atoms with Crippen LogP contribution in [0, 0.1) is 17.6 Å². The Morgan fingerprint density at radius 1 is 1.17 bits per heavy atom. The second-order valence-corrected chi connectivity index (χ2v) is 9.44. The van der Waals surface area contributed by atoms with Crippen LogP contribution < -0.4 is 4.72 Å². The molecule has 29 heavy (non-hydrogen) atoms. The molecule has 5 nitrogen and oxygen atoms in total. The molecule has 154 valence electrons. The summed E-state index contributed by atoms with van der Waals surface area (Å²) < 4.78 is 55.9. The molecule has 0 spiro atoms. The minimum Gasteiger partial charge on any atom is -0.338 e. The van der Waals surface area contributed by atoms with Gasteiger partial charge in [0.05, 0.1) is 4.90 Å². The van der Waals surface area contributed by atoms with Crippen LogP contribution in [0.4, 0.5) is 8.78 Å². The van der Waals surface area contributed by atoms with Crippen LogP contribution in [0.3, 0.4) is 0 Å². The van der Waals surface area contributed by atoms with E-state index in [0.29, 0.717) is 29.7 Å². The number of halogens is 2. The van der Waals surface area contributed by atoms with Crippen LogP contribution in [0.2, 0.25) is 0 Å². The average Bonchev–Trinajstić information content (AvgIpc) is 3.52. The summed E-state index contributed by atoms with van der Waals surface area (Å²) in [6.07, 6.45) is 2.20. The first-order chi connectivity index (χ1) is 13.7. The van der Waals surface area contributed by atoms with Crippen molar-refractivity contribution in [3.8, 4) is 0 Å². The highest BCUT2D eigenvalue weighted by Gasteiger charge is 2.35. The highest BCUT2D eigenvalue weighted by molar-refractivity contribution is 7.89. The standard InChI is InChI=1S/C21H22F2N2O3S/c1-13(14-4-6-17(22)7-5-14)24-29(27,28)18-10-16-8-9-25(21(26)15-2-3-15)12-19(16)20(23)11-18/h4-7,10-11,13,15,24H,2-3,8-9,12H2,1H3/t13-/m0/s1. The number of nitrogens with one attached hydrogen (secondary N) is 1. The summed E-state index contributed by atoms with van der Waals surface area (Å²) in [7, 11) is -3.97. The van der Waals surface area contributed by atoms with E-state index >= 15 is 0 Å². The monoisotopic (exact) mass is 420 g/mol. The van der Waals surface area contributed by atoms with Crippen LogP contribution in [0.5, 0.6) is 0 Å². The number of carbonyl (C=O) groups excluding carboxylic acids is 1. The van der Waals surface area contributed by atoms with Crippen molar-refractivity contribution in [3.05, 3.63) is 64.7 Å². The number of hydrogen-bond acceptors (Lipinski definition) is 3. The van der Waals surface area contributed by atoms with Gasteiger partial charge in [0, 0.05) is 30.6 Å². The third-order valence-corrected chi connectivity index (χ3v) is 7.03. The molecule has 2 aromatic rings. The van der Waals surface area contributed by atoms with Gasteiger partial charge in [-0.05, 0) is 61.6 Å². The molecule has 1 heterocycles. The molecule has 1 N–H and O–H groups in total. The number of fused-ring (bicyclic) bond motifs is 1. The van der Waals surface area contributed by atoms with E-state index in [9.17, 15) is 22.0 Å². The van der Waals surface area contributed by atoms with Crippen LogP contribution in [-0.2, 0) is 27.8 Å². The van der Waals surface area contributed by atoms with E-state index in [2.05, 4.69) is 4.72 Å². The first-order valence-corrected chi connectivity index (χ1v) is 11.1. The molecule has 1 aliphatic carbocycles. The molecule has 0 radical (unpaired) electrons. The van der Waals surface area contributed by atoms with Crippen molar-refractivity contribution in [2.75, 3.05) is 6.54 Å². The number of amides is 1. The Labute approximate surface area is 168 Å². The van der Waals surface area contributed by atoms with Gasteiger partial charge in [0.25, 0.3) is 0 Å². The molecule has 2 aromatic carbocycles. The van der Waals surface area contributed by atoms with Gasteiger partial charge in [-0.25, -0.2) is 21.9 Å². The van der Waals surface area contributed by atoms with Gasteiger partial charge < -0.3 is 4.90 Å². The quantitative estimate of drug-likeness (QED) is 0.807. The molecule has 1 amide bonds. The van der Waals surface area contributed by atoms with Gasteiger partial charge in [0.2, 0.25) is 15.9 Å². The van der Waals surface area contributed by atoms with E-state index in [1.807, 2.05) is 0 Å². The van der Waals surface area contributed by atoms with E-state index < -0.39 is 27.7 Å². The lowest BCUT2D eigenvalue weighted by atomic mass is 9.99. The molecule has 4 rings (SSSR count). The molecule has 1 atom stereocenters. The zero-order valence-electron chi connectivity index (χ0n) is 16.0. The Bertz CT molecular complexity index is 1050. The Kier molecular flexibility index (Phi) is 5.16. The fraction of sp³-hybridized carbons (Fsp3) is 0.381. The molecule has 8 heteroatoms. The third-order valence-electron chi connectivity index (χ3n) is 5.51. The van der Waals surface area contributed by atoms with Crippen molar-refractivity contribution >= 4 is 15.9 Å². The van der Waals surface area contributed by atoms with Crippen molar-refractivity contribution in [1.29, 1.82) is 0 Å². The Morgan fingerprint density at radius 3 is 2.52 bits per heavy atom. The summed E-state index contributed by atoms with van der Waals surface area (Å²) in [6.45, 7) is 2.28. The molecule has 0 unspecified atom stereocenters. The number of hydrogen-bond donors (Lipinski definition) is 1. The lowest BCUT2D eigenvalue weighted by Gasteiger charge is -2.29. The topological polar surface area (TPSA) is 66.5 Å². The van der Waals surface area contributed by atoms with E-state index in [-0.39, 0.29) is 23.3 Å². The molecule has 1 fully saturated rings. The lowest BCUT2D eigenvalue weighted by Crippen LogP contribution is -2.37. The minimum atomic E-state index is -3.97. The zero-order chi connectivity index (χ0) is 20.8. The molecule has 0 saturated heterocycles. The Morgan fingerprint density at radius 2 is 1.86 bits per heavy atom. The molecule has 1 saturated carbocycles. The highest BCUT2D eigenvalue weighted by Crippen LogP contribution is 2.34. The lowest BCUT2D eigenvalue weighted by molar-refractivity contribution is -0.133. The maximum atomic E-state index is 14.7. The number of benzene rings is 2. The van der Waals surface area contributed by atoms with Gasteiger partial charge in [0.1, 0.15) is 11.6 Å². The third kappa shape index (κ3) is 4.18. The SMILES string of the molecule is C[C@H](NS(=O)(=O)c1cc(F)c2c(c1)CCN(C(=O)C1CC1)C2)c1ccc(F)cc1. The Hall–Kier alpha value is -2.32. The van der Waals surface area contributed by atoms with Crippen LogP contribution in [0.1, 0.15) is 42.5 Å².